The van der Waals surface area contributed by atoms with Crippen LogP contribution in [0.15, 0.2) is 22.8 Å². The standard InChI is InChI=1S/C10H12O4/c1-3-8(7(2)11)14-10(12)9-5-4-6-13-9/h4-6,8H,3H2,1-2H3. The highest BCUT2D eigenvalue weighted by Crippen LogP contribution is 2.07. The SMILES string of the molecule is CCC(OC(=O)c1ccco1)C(C)=O. The lowest BCUT2D eigenvalue weighted by molar-refractivity contribution is -0.125. The van der Waals surface area contributed by atoms with Gasteiger partial charge in [0.05, 0.1) is 6.26 Å². The molecule has 0 aromatic carbocycles. The van der Waals surface area contributed by atoms with Crippen LogP contribution in [0.5, 0.6) is 0 Å². The maximum atomic E-state index is 11.3. The summed E-state index contributed by atoms with van der Waals surface area (Å²) in [7, 11) is 0. The Morgan fingerprint density at radius 3 is 2.71 bits per heavy atom. The third-order valence-corrected chi connectivity index (χ3v) is 1.80. The second-order valence-electron chi connectivity index (χ2n) is 2.89. The van der Waals surface area contributed by atoms with Crippen molar-refractivity contribution in [3.05, 3.63) is 24.2 Å². The van der Waals surface area contributed by atoms with Gasteiger partial charge in [0.25, 0.3) is 0 Å². The molecule has 1 heterocycles. The number of carbonyl (C=O) groups is 2. The largest absolute Gasteiger partial charge is 0.457 e. The minimum absolute atomic E-state index is 0.115. The molecule has 0 fully saturated rings. The molecule has 1 unspecified atom stereocenters. The average Bonchev–Trinajstić information content (AvgIpc) is 2.65. The minimum atomic E-state index is -0.674. The fourth-order valence-corrected chi connectivity index (χ4v) is 1.04. The van der Waals surface area contributed by atoms with Crippen LogP contribution in [0.4, 0.5) is 0 Å². The van der Waals surface area contributed by atoms with Gasteiger partial charge in [0.2, 0.25) is 5.76 Å². The number of ketones is 1. The first-order valence-electron chi connectivity index (χ1n) is 4.40. The predicted molar refractivity (Wildman–Crippen MR) is 48.9 cm³/mol. The molecule has 1 atom stereocenters. The minimum Gasteiger partial charge on any atom is -0.457 e. The smallest absolute Gasteiger partial charge is 0.374 e. The molecule has 0 spiro atoms. The van der Waals surface area contributed by atoms with E-state index in [1.807, 2.05) is 0 Å². The number of hydrogen-bond acceptors (Lipinski definition) is 4. The van der Waals surface area contributed by atoms with Crippen LogP contribution < -0.4 is 0 Å². The summed E-state index contributed by atoms with van der Waals surface area (Å²) in [4.78, 5) is 22.3. The molecular formula is C10H12O4. The second kappa shape index (κ2) is 4.60. The van der Waals surface area contributed by atoms with Crippen molar-refractivity contribution in [3.8, 4) is 0 Å². The van der Waals surface area contributed by atoms with Crippen molar-refractivity contribution < 1.29 is 18.7 Å². The van der Waals surface area contributed by atoms with E-state index in [0.29, 0.717) is 6.42 Å². The van der Waals surface area contributed by atoms with Gasteiger partial charge in [0.15, 0.2) is 11.9 Å². The van der Waals surface area contributed by atoms with E-state index in [2.05, 4.69) is 0 Å². The lowest BCUT2D eigenvalue weighted by atomic mass is 10.2. The number of rotatable bonds is 4. The van der Waals surface area contributed by atoms with Crippen molar-refractivity contribution in [3.63, 3.8) is 0 Å². The highest BCUT2D eigenvalue weighted by Gasteiger charge is 2.19. The molecule has 1 aromatic rings. The molecule has 0 aliphatic heterocycles. The van der Waals surface area contributed by atoms with Gasteiger partial charge in [-0.1, -0.05) is 6.92 Å². The molecule has 4 heteroatoms. The van der Waals surface area contributed by atoms with Crippen LogP contribution in [0.2, 0.25) is 0 Å². The Morgan fingerprint density at radius 1 is 1.57 bits per heavy atom. The van der Waals surface area contributed by atoms with E-state index in [9.17, 15) is 9.59 Å². The lowest BCUT2D eigenvalue weighted by Gasteiger charge is -2.11. The molecule has 0 radical (unpaired) electrons. The molecule has 0 aliphatic rings. The lowest BCUT2D eigenvalue weighted by Crippen LogP contribution is -2.24. The zero-order chi connectivity index (χ0) is 10.6. The van der Waals surface area contributed by atoms with Crippen LogP contribution >= 0.6 is 0 Å². The molecule has 0 aliphatic carbocycles. The second-order valence-corrected chi connectivity index (χ2v) is 2.89. The Balaban J connectivity index is 2.60. The normalized spacial score (nSPS) is 12.1. The third-order valence-electron chi connectivity index (χ3n) is 1.80. The van der Waals surface area contributed by atoms with E-state index in [1.165, 1.54) is 19.3 Å². The Kier molecular flexibility index (Phi) is 3.45. The summed E-state index contributed by atoms with van der Waals surface area (Å²) in [5.41, 5.74) is 0. The van der Waals surface area contributed by atoms with Gasteiger partial charge in [0.1, 0.15) is 0 Å². The van der Waals surface area contributed by atoms with Crippen molar-refractivity contribution >= 4 is 11.8 Å². The summed E-state index contributed by atoms with van der Waals surface area (Å²) < 4.78 is 9.76. The molecule has 4 nitrogen and oxygen atoms in total. The van der Waals surface area contributed by atoms with Crippen LogP contribution in [0, 0.1) is 0 Å². The monoisotopic (exact) mass is 196 g/mol. The van der Waals surface area contributed by atoms with Crippen LogP contribution in [0.1, 0.15) is 30.8 Å². The zero-order valence-electron chi connectivity index (χ0n) is 8.15. The summed E-state index contributed by atoms with van der Waals surface area (Å²) in [6, 6.07) is 3.08. The molecule has 1 rings (SSSR count). The molecule has 14 heavy (non-hydrogen) atoms. The number of hydrogen-bond donors (Lipinski definition) is 0. The average molecular weight is 196 g/mol. The van der Waals surface area contributed by atoms with Gasteiger partial charge in [-0.3, -0.25) is 4.79 Å². The number of carbonyl (C=O) groups excluding carboxylic acids is 2. The van der Waals surface area contributed by atoms with E-state index in [-0.39, 0.29) is 11.5 Å². The van der Waals surface area contributed by atoms with Crippen molar-refractivity contribution in [2.45, 2.75) is 26.4 Å². The van der Waals surface area contributed by atoms with Gasteiger partial charge in [-0.2, -0.15) is 0 Å². The quantitative estimate of drug-likeness (QED) is 0.689. The first-order valence-corrected chi connectivity index (χ1v) is 4.40. The van der Waals surface area contributed by atoms with Crippen LogP contribution in [-0.4, -0.2) is 17.9 Å². The Hall–Kier alpha value is -1.58. The van der Waals surface area contributed by atoms with Crippen molar-refractivity contribution in [2.75, 3.05) is 0 Å². The molecule has 0 N–H and O–H groups in total. The van der Waals surface area contributed by atoms with Crippen molar-refractivity contribution in [1.82, 2.24) is 0 Å². The number of ether oxygens (including phenoxy) is 1. The van der Waals surface area contributed by atoms with E-state index in [4.69, 9.17) is 9.15 Å². The van der Waals surface area contributed by atoms with Gasteiger partial charge < -0.3 is 9.15 Å². The maximum Gasteiger partial charge on any atom is 0.374 e. The summed E-state index contributed by atoms with van der Waals surface area (Å²) in [6.07, 6.45) is 1.18. The molecule has 0 saturated heterocycles. The van der Waals surface area contributed by atoms with Crippen LogP contribution in [0.25, 0.3) is 0 Å². The van der Waals surface area contributed by atoms with Crippen LogP contribution in [-0.2, 0) is 9.53 Å². The molecular weight excluding hydrogens is 184 g/mol. The van der Waals surface area contributed by atoms with Gasteiger partial charge in [-0.25, -0.2) is 4.79 Å². The molecule has 0 amide bonds. The van der Waals surface area contributed by atoms with Gasteiger partial charge in [0, 0.05) is 0 Å². The van der Waals surface area contributed by atoms with E-state index in [1.54, 1.807) is 13.0 Å². The fraction of sp³-hybridized carbons (Fsp3) is 0.400. The third kappa shape index (κ3) is 2.45. The Bertz CT molecular complexity index is 313. The topological polar surface area (TPSA) is 56.5 Å². The first-order chi connectivity index (χ1) is 6.65. The molecule has 0 bridgehead atoms. The summed E-state index contributed by atoms with van der Waals surface area (Å²) in [5.74, 6) is -0.644. The molecule has 0 saturated carbocycles. The van der Waals surface area contributed by atoms with E-state index in [0.717, 1.165) is 0 Å². The van der Waals surface area contributed by atoms with Crippen molar-refractivity contribution in [2.24, 2.45) is 0 Å². The number of furan rings is 1. The van der Waals surface area contributed by atoms with Gasteiger partial charge >= 0.3 is 5.97 Å². The number of Topliss-reactive ketones (excluding diaryl/α,β-unsaturated/α-hetero) is 1. The van der Waals surface area contributed by atoms with Crippen molar-refractivity contribution in [1.29, 1.82) is 0 Å². The summed E-state index contributed by atoms with van der Waals surface area (Å²) >= 11 is 0. The summed E-state index contributed by atoms with van der Waals surface area (Å²) in [6.45, 7) is 3.17. The predicted octanol–water partition coefficient (Wildman–Crippen LogP) is 1.80. The molecule has 76 valence electrons. The highest BCUT2D eigenvalue weighted by atomic mass is 16.6. The first kappa shape index (κ1) is 10.5. The summed E-state index contributed by atoms with van der Waals surface area (Å²) in [5, 5.41) is 0. The van der Waals surface area contributed by atoms with Crippen LogP contribution in [0.3, 0.4) is 0 Å². The molecule has 1 aromatic heterocycles. The fourth-order valence-electron chi connectivity index (χ4n) is 1.04. The van der Waals surface area contributed by atoms with Gasteiger partial charge in [-0.05, 0) is 25.5 Å². The Morgan fingerprint density at radius 2 is 2.29 bits per heavy atom. The number of esters is 1. The van der Waals surface area contributed by atoms with E-state index >= 15 is 0 Å². The Labute approximate surface area is 81.9 Å². The van der Waals surface area contributed by atoms with Gasteiger partial charge in [-0.15, -0.1) is 0 Å². The van der Waals surface area contributed by atoms with E-state index < -0.39 is 12.1 Å². The zero-order valence-corrected chi connectivity index (χ0v) is 8.15. The maximum absolute atomic E-state index is 11.3. The highest BCUT2D eigenvalue weighted by molar-refractivity contribution is 5.89.